The summed E-state index contributed by atoms with van der Waals surface area (Å²) in [5.74, 6) is 0.827. The Morgan fingerprint density at radius 2 is 2.00 bits per heavy atom. The second kappa shape index (κ2) is 5.03. The molecule has 4 heterocycles. The van der Waals surface area contributed by atoms with Crippen LogP contribution in [0.4, 0.5) is 5.82 Å². The molecule has 0 bridgehead atoms. The summed E-state index contributed by atoms with van der Waals surface area (Å²) < 4.78 is 11.5. The molecule has 2 aromatic rings. The van der Waals surface area contributed by atoms with Crippen molar-refractivity contribution >= 4 is 39.0 Å². The number of halogens is 1. The molecule has 112 valence electrons. The fourth-order valence-corrected chi connectivity index (χ4v) is 3.89. The summed E-state index contributed by atoms with van der Waals surface area (Å²) in [6, 6.07) is 1.89. The second-order valence-corrected chi connectivity index (χ2v) is 6.66. The summed E-state index contributed by atoms with van der Waals surface area (Å²) >= 11 is 7.56. The third kappa shape index (κ3) is 2.29. The van der Waals surface area contributed by atoms with Crippen molar-refractivity contribution in [2.45, 2.75) is 5.60 Å². The van der Waals surface area contributed by atoms with Crippen LogP contribution in [0.2, 0.25) is 5.28 Å². The number of anilines is 1. The summed E-state index contributed by atoms with van der Waals surface area (Å²) in [6.07, 6.45) is 0. The minimum absolute atomic E-state index is 0.227. The normalized spacial score (nSPS) is 21.5. The van der Waals surface area contributed by atoms with Gasteiger partial charge in [-0.15, -0.1) is 11.3 Å². The average molecular weight is 328 g/mol. The van der Waals surface area contributed by atoms with E-state index in [1.54, 1.807) is 0 Å². The lowest BCUT2D eigenvalue weighted by Crippen LogP contribution is -2.45. The van der Waals surface area contributed by atoms with Gasteiger partial charge in [-0.3, -0.25) is 0 Å². The molecule has 1 N–H and O–H groups in total. The Morgan fingerprint density at radius 3 is 2.67 bits per heavy atom. The molecule has 6 nitrogen and oxygen atoms in total. The van der Waals surface area contributed by atoms with Crippen LogP contribution in [0.15, 0.2) is 6.07 Å². The Labute approximate surface area is 130 Å². The minimum Gasteiger partial charge on any atom is -0.379 e. The van der Waals surface area contributed by atoms with Crippen molar-refractivity contribution in [3.05, 3.63) is 16.2 Å². The molecule has 2 fully saturated rings. The number of hydrogen-bond acceptors (Lipinski definition) is 7. The van der Waals surface area contributed by atoms with Gasteiger partial charge in [-0.2, -0.15) is 4.98 Å². The molecule has 0 radical (unpaired) electrons. The average Bonchev–Trinajstić information content (AvgIpc) is 2.88. The Morgan fingerprint density at radius 1 is 1.24 bits per heavy atom. The van der Waals surface area contributed by atoms with E-state index in [2.05, 4.69) is 14.9 Å². The van der Waals surface area contributed by atoms with Gasteiger partial charge in [0.2, 0.25) is 5.28 Å². The zero-order valence-corrected chi connectivity index (χ0v) is 12.8. The van der Waals surface area contributed by atoms with Gasteiger partial charge in [-0.1, -0.05) is 0 Å². The standard InChI is InChI=1S/C13H14ClN3O3S/c14-12-15-8-5-9(13(18)6-20-7-13)21-10(8)11(16-12)17-1-3-19-4-2-17/h5,18H,1-4,6-7H2. The number of nitrogens with zero attached hydrogens (tertiary/aromatic N) is 3. The van der Waals surface area contributed by atoms with Crippen molar-refractivity contribution in [2.24, 2.45) is 0 Å². The minimum atomic E-state index is -0.889. The van der Waals surface area contributed by atoms with E-state index in [0.717, 1.165) is 34.0 Å². The van der Waals surface area contributed by atoms with Gasteiger partial charge in [0.1, 0.15) is 5.60 Å². The molecule has 0 unspecified atom stereocenters. The third-order valence-electron chi connectivity index (χ3n) is 3.78. The van der Waals surface area contributed by atoms with E-state index in [4.69, 9.17) is 21.1 Å². The van der Waals surface area contributed by atoms with E-state index in [9.17, 15) is 5.11 Å². The molecule has 0 spiro atoms. The first-order valence-electron chi connectivity index (χ1n) is 6.76. The molecule has 0 aliphatic carbocycles. The van der Waals surface area contributed by atoms with Crippen molar-refractivity contribution in [1.82, 2.24) is 9.97 Å². The zero-order valence-electron chi connectivity index (χ0n) is 11.2. The maximum Gasteiger partial charge on any atom is 0.224 e. The lowest BCUT2D eigenvalue weighted by Gasteiger charge is -2.35. The highest BCUT2D eigenvalue weighted by molar-refractivity contribution is 7.19. The highest BCUT2D eigenvalue weighted by Gasteiger charge is 2.40. The Kier molecular flexibility index (Phi) is 3.27. The van der Waals surface area contributed by atoms with E-state index in [1.807, 2.05) is 6.07 Å². The Hall–Kier alpha value is -0.990. The van der Waals surface area contributed by atoms with Crippen LogP contribution in [0.5, 0.6) is 0 Å². The van der Waals surface area contributed by atoms with Crippen LogP contribution in [0.1, 0.15) is 4.88 Å². The van der Waals surface area contributed by atoms with Crippen LogP contribution in [0, 0.1) is 0 Å². The molecule has 2 aliphatic rings. The largest absolute Gasteiger partial charge is 0.379 e. The van der Waals surface area contributed by atoms with Crippen LogP contribution in [0.3, 0.4) is 0 Å². The predicted octanol–water partition coefficient (Wildman–Crippen LogP) is 1.40. The number of thiophene rings is 1. The Bertz CT molecular complexity index is 683. The molecule has 21 heavy (non-hydrogen) atoms. The number of morpholine rings is 1. The van der Waals surface area contributed by atoms with E-state index >= 15 is 0 Å². The van der Waals surface area contributed by atoms with Crippen molar-refractivity contribution < 1.29 is 14.6 Å². The van der Waals surface area contributed by atoms with Crippen LogP contribution in [-0.2, 0) is 15.1 Å². The molecule has 0 saturated carbocycles. The first-order valence-corrected chi connectivity index (χ1v) is 7.95. The number of rotatable bonds is 2. The number of aromatic nitrogens is 2. The van der Waals surface area contributed by atoms with Gasteiger partial charge in [0.05, 0.1) is 36.6 Å². The maximum absolute atomic E-state index is 10.4. The van der Waals surface area contributed by atoms with Crippen molar-refractivity contribution in [2.75, 3.05) is 44.4 Å². The fraction of sp³-hybridized carbons (Fsp3) is 0.538. The predicted molar refractivity (Wildman–Crippen MR) is 80.2 cm³/mol. The lowest BCUT2D eigenvalue weighted by molar-refractivity contribution is -0.182. The van der Waals surface area contributed by atoms with Gasteiger partial charge < -0.3 is 19.5 Å². The Balaban J connectivity index is 1.81. The summed E-state index contributed by atoms with van der Waals surface area (Å²) in [6.45, 7) is 3.58. The molecule has 2 aliphatic heterocycles. The van der Waals surface area contributed by atoms with Gasteiger partial charge in [0.15, 0.2) is 5.82 Å². The maximum atomic E-state index is 10.4. The van der Waals surface area contributed by atoms with Crippen LogP contribution in [0.25, 0.3) is 10.2 Å². The molecular weight excluding hydrogens is 314 g/mol. The lowest BCUT2D eigenvalue weighted by atomic mass is 10.0. The van der Waals surface area contributed by atoms with Crippen molar-refractivity contribution in [3.8, 4) is 0 Å². The third-order valence-corrected chi connectivity index (χ3v) is 5.26. The molecule has 0 aromatic carbocycles. The van der Waals surface area contributed by atoms with E-state index in [1.165, 1.54) is 11.3 Å². The van der Waals surface area contributed by atoms with Crippen molar-refractivity contribution in [1.29, 1.82) is 0 Å². The first-order chi connectivity index (χ1) is 10.2. The van der Waals surface area contributed by atoms with E-state index < -0.39 is 5.60 Å². The molecule has 0 atom stereocenters. The first kappa shape index (κ1) is 13.7. The summed E-state index contributed by atoms with van der Waals surface area (Å²) in [5.41, 5.74) is -0.114. The van der Waals surface area contributed by atoms with E-state index in [-0.39, 0.29) is 5.28 Å². The van der Waals surface area contributed by atoms with Crippen LogP contribution < -0.4 is 4.90 Å². The molecule has 2 saturated heterocycles. The molecule has 2 aromatic heterocycles. The molecule has 8 heteroatoms. The van der Waals surface area contributed by atoms with E-state index in [0.29, 0.717) is 26.4 Å². The smallest absolute Gasteiger partial charge is 0.224 e. The van der Waals surface area contributed by atoms with Gasteiger partial charge in [0, 0.05) is 18.0 Å². The molecule has 0 amide bonds. The molecule has 4 rings (SSSR count). The number of aliphatic hydroxyl groups is 1. The van der Waals surface area contributed by atoms with Crippen molar-refractivity contribution in [3.63, 3.8) is 0 Å². The van der Waals surface area contributed by atoms with Gasteiger partial charge in [-0.25, -0.2) is 4.98 Å². The summed E-state index contributed by atoms with van der Waals surface area (Å²) in [4.78, 5) is 11.7. The number of fused-ring (bicyclic) bond motifs is 1. The number of hydrogen-bond donors (Lipinski definition) is 1. The van der Waals surface area contributed by atoms with Crippen LogP contribution in [-0.4, -0.2) is 54.6 Å². The zero-order chi connectivity index (χ0) is 14.4. The monoisotopic (exact) mass is 327 g/mol. The second-order valence-electron chi connectivity index (χ2n) is 5.27. The van der Waals surface area contributed by atoms with Gasteiger partial charge in [-0.05, 0) is 17.7 Å². The highest BCUT2D eigenvalue weighted by Crippen LogP contribution is 2.40. The summed E-state index contributed by atoms with van der Waals surface area (Å²) in [5, 5.41) is 10.7. The van der Waals surface area contributed by atoms with Gasteiger partial charge in [0.25, 0.3) is 0 Å². The molecular formula is C13H14ClN3O3S. The quantitative estimate of drug-likeness (QED) is 0.841. The number of ether oxygens (including phenoxy) is 2. The summed E-state index contributed by atoms with van der Waals surface area (Å²) in [7, 11) is 0. The SMILES string of the molecule is OC1(c2cc3nc(Cl)nc(N4CCOCC4)c3s2)COC1. The van der Waals surface area contributed by atoms with Crippen LogP contribution >= 0.6 is 22.9 Å². The topological polar surface area (TPSA) is 67.7 Å². The van der Waals surface area contributed by atoms with Gasteiger partial charge >= 0.3 is 0 Å². The fourth-order valence-electron chi connectivity index (χ4n) is 2.54. The highest BCUT2D eigenvalue weighted by atomic mass is 35.5.